The van der Waals surface area contributed by atoms with Crippen LogP contribution in [0.15, 0.2) is 27.4 Å². The number of nitro benzene ring substituents is 1. The molecule has 0 saturated heterocycles. The summed E-state index contributed by atoms with van der Waals surface area (Å²) in [6, 6.07) is 4.35. The Kier molecular flexibility index (Phi) is 4.93. The van der Waals surface area contributed by atoms with E-state index in [1.807, 2.05) is 19.0 Å². The van der Waals surface area contributed by atoms with E-state index >= 15 is 0 Å². The summed E-state index contributed by atoms with van der Waals surface area (Å²) in [7, 11) is 5.16. The van der Waals surface area contributed by atoms with Gasteiger partial charge in [-0.25, -0.2) is 0 Å². The van der Waals surface area contributed by atoms with E-state index in [-0.39, 0.29) is 17.2 Å². The van der Waals surface area contributed by atoms with Crippen molar-refractivity contribution in [1.29, 1.82) is 0 Å². The summed E-state index contributed by atoms with van der Waals surface area (Å²) in [6.07, 6.45) is 0. The second-order valence-electron chi connectivity index (χ2n) is 4.37. The zero-order valence-corrected chi connectivity index (χ0v) is 13.7. The number of hydrogen-bond acceptors (Lipinski definition) is 8. The highest BCUT2D eigenvalue weighted by molar-refractivity contribution is 8.01. The lowest BCUT2D eigenvalue weighted by atomic mass is 10.2. The van der Waals surface area contributed by atoms with Crippen molar-refractivity contribution in [1.82, 2.24) is 15.5 Å². The topological polar surface area (TPSA) is 101 Å². The van der Waals surface area contributed by atoms with Gasteiger partial charge in [0.1, 0.15) is 0 Å². The fraction of sp³-hybridized carbons (Fsp3) is 0.250. The van der Waals surface area contributed by atoms with E-state index in [2.05, 4.69) is 15.5 Å². The molecule has 2 aromatic rings. The highest BCUT2D eigenvalue weighted by Gasteiger charge is 2.19. The van der Waals surface area contributed by atoms with Gasteiger partial charge in [0.25, 0.3) is 11.6 Å². The molecule has 0 unspecified atom stereocenters. The number of aromatic nitrogens is 2. The van der Waals surface area contributed by atoms with Gasteiger partial charge in [0.15, 0.2) is 4.34 Å². The maximum absolute atomic E-state index is 11.6. The van der Waals surface area contributed by atoms with Crippen molar-refractivity contribution < 1.29 is 9.72 Å². The van der Waals surface area contributed by atoms with Crippen LogP contribution in [0.4, 0.5) is 10.8 Å². The smallest absolute Gasteiger partial charge is 0.284 e. The second-order valence-corrected chi connectivity index (χ2v) is 6.61. The van der Waals surface area contributed by atoms with Crippen LogP contribution in [0.3, 0.4) is 0 Å². The molecule has 0 aliphatic carbocycles. The van der Waals surface area contributed by atoms with Crippen molar-refractivity contribution in [3.05, 3.63) is 33.9 Å². The minimum atomic E-state index is -0.511. The molecular weight excluding hydrogens is 326 g/mol. The molecule has 0 fully saturated rings. The summed E-state index contributed by atoms with van der Waals surface area (Å²) in [4.78, 5) is 24.5. The molecule has 1 aromatic heterocycles. The number of amides is 1. The van der Waals surface area contributed by atoms with E-state index in [1.54, 1.807) is 12.1 Å². The SMILES string of the molecule is CNC(=O)c1ccc(Sc2nnc(N(C)C)s2)c([N+](=O)[O-])c1. The normalized spacial score (nSPS) is 10.3. The predicted molar refractivity (Wildman–Crippen MR) is 84.8 cm³/mol. The maximum atomic E-state index is 11.6. The highest BCUT2D eigenvalue weighted by Crippen LogP contribution is 2.38. The molecule has 0 spiro atoms. The summed E-state index contributed by atoms with van der Waals surface area (Å²) in [5.41, 5.74) is 0.109. The van der Waals surface area contributed by atoms with Gasteiger partial charge < -0.3 is 10.2 Å². The van der Waals surface area contributed by atoms with Crippen LogP contribution in [0, 0.1) is 10.1 Å². The third-order valence-corrected chi connectivity index (χ3v) is 4.83. The van der Waals surface area contributed by atoms with Crippen LogP contribution in [-0.2, 0) is 0 Å². The molecule has 0 bridgehead atoms. The van der Waals surface area contributed by atoms with Gasteiger partial charge in [-0.3, -0.25) is 14.9 Å². The third kappa shape index (κ3) is 3.52. The van der Waals surface area contributed by atoms with Gasteiger partial charge in [-0.15, -0.1) is 10.2 Å². The molecule has 1 N–H and O–H groups in total. The van der Waals surface area contributed by atoms with Crippen LogP contribution in [0.5, 0.6) is 0 Å². The van der Waals surface area contributed by atoms with Crippen molar-refractivity contribution >= 4 is 39.8 Å². The first-order chi connectivity index (χ1) is 10.4. The Bertz CT molecular complexity index is 717. The number of carbonyl (C=O) groups excluding carboxylic acids is 1. The largest absolute Gasteiger partial charge is 0.355 e. The first-order valence-electron chi connectivity index (χ1n) is 6.11. The molecule has 22 heavy (non-hydrogen) atoms. The number of hydrogen-bond donors (Lipinski definition) is 1. The van der Waals surface area contributed by atoms with E-state index in [0.29, 0.717) is 14.4 Å². The molecule has 1 aromatic carbocycles. The molecule has 1 amide bonds. The summed E-state index contributed by atoms with van der Waals surface area (Å²) >= 11 is 2.49. The standard InChI is InChI=1S/C12H13N5O3S2/c1-13-10(18)7-4-5-9(8(6-7)17(19)20)21-12-15-14-11(22-12)16(2)3/h4-6H,1-3H3,(H,13,18). The Morgan fingerprint density at radius 3 is 2.68 bits per heavy atom. The van der Waals surface area contributed by atoms with E-state index in [9.17, 15) is 14.9 Å². The monoisotopic (exact) mass is 339 g/mol. The molecule has 1 heterocycles. The molecular formula is C12H13N5O3S2. The van der Waals surface area contributed by atoms with Gasteiger partial charge in [0, 0.05) is 32.8 Å². The van der Waals surface area contributed by atoms with Gasteiger partial charge in [0.2, 0.25) is 5.13 Å². The molecule has 116 valence electrons. The summed E-state index contributed by atoms with van der Waals surface area (Å²) in [5, 5.41) is 22.3. The number of benzene rings is 1. The summed E-state index contributed by atoms with van der Waals surface area (Å²) in [6.45, 7) is 0. The van der Waals surface area contributed by atoms with Crippen LogP contribution in [0.25, 0.3) is 0 Å². The van der Waals surface area contributed by atoms with Gasteiger partial charge >= 0.3 is 0 Å². The van der Waals surface area contributed by atoms with Gasteiger partial charge in [0.05, 0.1) is 9.82 Å². The number of anilines is 1. The number of rotatable bonds is 5. The van der Waals surface area contributed by atoms with Crippen LogP contribution >= 0.6 is 23.1 Å². The summed E-state index contributed by atoms with van der Waals surface area (Å²) < 4.78 is 0.597. The quantitative estimate of drug-likeness (QED) is 0.657. The van der Waals surface area contributed by atoms with Crippen molar-refractivity contribution in [2.45, 2.75) is 9.24 Å². The van der Waals surface area contributed by atoms with Gasteiger partial charge in [-0.05, 0) is 23.9 Å². The lowest BCUT2D eigenvalue weighted by Gasteiger charge is -2.04. The van der Waals surface area contributed by atoms with Crippen LogP contribution < -0.4 is 10.2 Å². The fourth-order valence-electron chi connectivity index (χ4n) is 1.55. The first kappa shape index (κ1) is 16.2. The van der Waals surface area contributed by atoms with Crippen LogP contribution in [0.2, 0.25) is 0 Å². The van der Waals surface area contributed by atoms with Crippen molar-refractivity contribution in [2.24, 2.45) is 0 Å². The van der Waals surface area contributed by atoms with E-state index in [4.69, 9.17) is 0 Å². The number of nitro groups is 1. The van der Waals surface area contributed by atoms with Gasteiger partial charge in [-0.2, -0.15) is 0 Å². The molecule has 0 saturated carbocycles. The Labute approximate surface area is 134 Å². The van der Waals surface area contributed by atoms with Crippen LogP contribution in [-0.4, -0.2) is 42.2 Å². The van der Waals surface area contributed by atoms with Crippen molar-refractivity contribution in [3.8, 4) is 0 Å². The van der Waals surface area contributed by atoms with E-state index < -0.39 is 4.92 Å². The van der Waals surface area contributed by atoms with Crippen molar-refractivity contribution in [2.75, 3.05) is 26.0 Å². The number of nitrogens with zero attached hydrogens (tertiary/aromatic N) is 4. The van der Waals surface area contributed by atoms with Crippen molar-refractivity contribution in [3.63, 3.8) is 0 Å². The Balaban J connectivity index is 2.33. The Morgan fingerprint density at radius 1 is 1.41 bits per heavy atom. The molecule has 8 nitrogen and oxygen atoms in total. The zero-order valence-electron chi connectivity index (χ0n) is 12.1. The minimum absolute atomic E-state index is 0.132. The zero-order chi connectivity index (χ0) is 16.3. The molecule has 2 rings (SSSR count). The minimum Gasteiger partial charge on any atom is -0.355 e. The summed E-state index contributed by atoms with van der Waals surface area (Å²) in [5.74, 6) is -0.370. The maximum Gasteiger partial charge on any atom is 0.284 e. The molecule has 10 heteroatoms. The highest BCUT2D eigenvalue weighted by atomic mass is 32.2. The lowest BCUT2D eigenvalue weighted by molar-refractivity contribution is -0.387. The fourth-order valence-corrected chi connectivity index (χ4v) is 3.36. The van der Waals surface area contributed by atoms with Crippen LogP contribution in [0.1, 0.15) is 10.4 Å². The number of carbonyl (C=O) groups is 1. The molecule has 0 radical (unpaired) electrons. The average Bonchev–Trinajstić information content (AvgIpc) is 2.95. The first-order valence-corrected chi connectivity index (χ1v) is 7.75. The number of nitrogens with one attached hydrogen (secondary N) is 1. The molecule has 0 aliphatic heterocycles. The lowest BCUT2D eigenvalue weighted by Crippen LogP contribution is -2.17. The van der Waals surface area contributed by atoms with Gasteiger partial charge in [-0.1, -0.05) is 11.3 Å². The molecule has 0 aliphatic rings. The average molecular weight is 339 g/mol. The third-order valence-electron chi connectivity index (χ3n) is 2.62. The second kappa shape index (κ2) is 6.71. The predicted octanol–water partition coefficient (Wildman–Crippen LogP) is 2.02. The Hall–Kier alpha value is -2.20. The Morgan fingerprint density at radius 2 is 2.14 bits per heavy atom. The molecule has 0 atom stereocenters. The van der Waals surface area contributed by atoms with E-state index in [1.165, 1.54) is 24.5 Å². The van der Waals surface area contributed by atoms with E-state index in [0.717, 1.165) is 11.8 Å².